The van der Waals surface area contributed by atoms with Gasteiger partial charge in [0.15, 0.2) is 0 Å². The molecule has 2 saturated heterocycles. The van der Waals surface area contributed by atoms with E-state index in [1.54, 1.807) is 0 Å². The predicted octanol–water partition coefficient (Wildman–Crippen LogP) is 0.497. The van der Waals surface area contributed by atoms with Gasteiger partial charge in [0.05, 0.1) is 25.9 Å². The Labute approximate surface area is 144 Å². The minimum absolute atomic E-state index is 0.138. The SMILES string of the molecule is CC1=C[C@@H](O)[C@@H]2[C@H](CC(C)=CCC1)OC(=O)[C@H]2C[NH+]1CCOCC1. The number of aliphatic hydroxyl groups is 1. The van der Waals surface area contributed by atoms with Gasteiger partial charge >= 0.3 is 5.97 Å². The summed E-state index contributed by atoms with van der Waals surface area (Å²) in [6, 6.07) is 0. The number of fused-ring (bicyclic) bond motifs is 1. The third kappa shape index (κ3) is 4.08. The first-order valence-electron chi connectivity index (χ1n) is 9.17. The molecular weight excluding hydrogens is 306 g/mol. The van der Waals surface area contributed by atoms with Gasteiger partial charge in [-0.15, -0.1) is 0 Å². The lowest BCUT2D eigenvalue weighted by Gasteiger charge is -2.29. The Morgan fingerprint density at radius 1 is 1.25 bits per heavy atom. The molecule has 2 heterocycles. The second kappa shape index (κ2) is 7.81. The van der Waals surface area contributed by atoms with Gasteiger partial charge in [0.1, 0.15) is 25.1 Å². The molecule has 0 saturated carbocycles. The summed E-state index contributed by atoms with van der Waals surface area (Å²) in [6.45, 7) is 8.22. The standard InChI is InChI=1S/C19H29NO4/c1-13-4-3-5-14(2)11-17-18(16(21)10-13)15(19(22)24-17)12-20-6-8-23-9-7-20/h5,10,15-18,21H,3-4,6-9,11-12H2,1-2H3/p+1/t15-,16+,17-,18+/m0/s1. The highest BCUT2D eigenvalue weighted by molar-refractivity contribution is 5.75. The molecule has 3 aliphatic rings. The molecule has 0 aromatic carbocycles. The van der Waals surface area contributed by atoms with E-state index >= 15 is 0 Å². The van der Waals surface area contributed by atoms with Crippen molar-refractivity contribution in [2.45, 2.75) is 45.3 Å². The molecule has 0 unspecified atom stereocenters. The third-order valence-corrected chi connectivity index (χ3v) is 5.58. The van der Waals surface area contributed by atoms with Crippen LogP contribution in [0.25, 0.3) is 0 Å². The second-order valence-corrected chi connectivity index (χ2v) is 7.52. The Bertz CT molecular complexity index is 521. The molecule has 2 aliphatic heterocycles. The lowest BCUT2D eigenvalue weighted by molar-refractivity contribution is -0.910. The van der Waals surface area contributed by atoms with Crippen LogP contribution < -0.4 is 4.90 Å². The minimum atomic E-state index is -0.613. The van der Waals surface area contributed by atoms with Gasteiger partial charge in [0.2, 0.25) is 0 Å². The molecule has 5 nitrogen and oxygen atoms in total. The highest BCUT2D eigenvalue weighted by Crippen LogP contribution is 2.35. The average Bonchev–Trinajstić information content (AvgIpc) is 2.83. The number of quaternary nitrogens is 1. The summed E-state index contributed by atoms with van der Waals surface area (Å²) >= 11 is 0. The number of esters is 1. The number of morpholine rings is 1. The number of ether oxygens (including phenoxy) is 2. The molecule has 2 fully saturated rings. The van der Waals surface area contributed by atoms with Gasteiger partial charge in [-0.2, -0.15) is 0 Å². The fraction of sp³-hybridized carbons (Fsp3) is 0.737. The average molecular weight is 336 g/mol. The maximum atomic E-state index is 12.5. The summed E-state index contributed by atoms with van der Waals surface area (Å²) in [4.78, 5) is 13.9. The first-order valence-corrected chi connectivity index (χ1v) is 9.17. The molecule has 0 aromatic heterocycles. The lowest BCUT2D eigenvalue weighted by atomic mass is 9.81. The molecular formula is C19H30NO4+. The smallest absolute Gasteiger partial charge is 0.315 e. The molecule has 24 heavy (non-hydrogen) atoms. The third-order valence-electron chi connectivity index (χ3n) is 5.58. The molecule has 0 aromatic rings. The van der Waals surface area contributed by atoms with Gasteiger partial charge in [-0.1, -0.05) is 23.3 Å². The van der Waals surface area contributed by atoms with E-state index in [4.69, 9.17) is 9.47 Å². The zero-order valence-corrected chi connectivity index (χ0v) is 14.8. The molecule has 0 amide bonds. The Morgan fingerprint density at radius 2 is 2.00 bits per heavy atom. The molecule has 1 aliphatic carbocycles. The molecule has 134 valence electrons. The van der Waals surface area contributed by atoms with Crippen LogP contribution >= 0.6 is 0 Å². The first kappa shape index (κ1) is 17.6. The molecule has 0 bridgehead atoms. The van der Waals surface area contributed by atoms with E-state index < -0.39 is 6.10 Å². The predicted molar refractivity (Wildman–Crippen MR) is 90.6 cm³/mol. The monoisotopic (exact) mass is 336 g/mol. The topological polar surface area (TPSA) is 60.2 Å². The molecule has 2 N–H and O–H groups in total. The molecule has 5 heteroatoms. The van der Waals surface area contributed by atoms with E-state index in [-0.39, 0.29) is 23.9 Å². The van der Waals surface area contributed by atoms with Crippen molar-refractivity contribution >= 4 is 5.97 Å². The molecule has 0 radical (unpaired) electrons. The van der Waals surface area contributed by atoms with Crippen molar-refractivity contribution in [3.63, 3.8) is 0 Å². The minimum Gasteiger partial charge on any atom is -0.461 e. The number of allylic oxidation sites excluding steroid dienone is 2. The van der Waals surface area contributed by atoms with E-state index in [0.717, 1.165) is 52.1 Å². The first-order chi connectivity index (χ1) is 11.5. The van der Waals surface area contributed by atoms with Crippen LogP contribution in [0.4, 0.5) is 0 Å². The molecule has 0 spiro atoms. The van der Waals surface area contributed by atoms with E-state index in [1.807, 2.05) is 6.08 Å². The summed E-state index contributed by atoms with van der Waals surface area (Å²) in [5.41, 5.74) is 2.43. The fourth-order valence-electron chi connectivity index (χ4n) is 4.19. The highest BCUT2D eigenvalue weighted by Gasteiger charge is 2.49. The van der Waals surface area contributed by atoms with Crippen LogP contribution in [-0.4, -0.2) is 56.1 Å². The van der Waals surface area contributed by atoms with Gasteiger partial charge in [-0.05, 0) is 26.7 Å². The van der Waals surface area contributed by atoms with Crippen molar-refractivity contribution in [3.05, 3.63) is 23.3 Å². The maximum absolute atomic E-state index is 12.5. The lowest BCUT2D eigenvalue weighted by Crippen LogP contribution is -3.15. The number of carbonyl (C=O) groups excluding carboxylic acids is 1. The van der Waals surface area contributed by atoms with E-state index in [1.165, 1.54) is 16.0 Å². The van der Waals surface area contributed by atoms with Gasteiger partial charge in [-0.25, -0.2) is 0 Å². The molecule has 3 rings (SSSR count). The Balaban J connectivity index is 1.81. The van der Waals surface area contributed by atoms with Crippen LogP contribution in [0.15, 0.2) is 23.3 Å². The normalized spacial score (nSPS) is 35.7. The number of aliphatic hydroxyl groups excluding tert-OH is 1. The van der Waals surface area contributed by atoms with Gasteiger partial charge in [0, 0.05) is 12.3 Å². The van der Waals surface area contributed by atoms with Crippen LogP contribution in [0.2, 0.25) is 0 Å². The van der Waals surface area contributed by atoms with Crippen LogP contribution in [0, 0.1) is 11.8 Å². The van der Waals surface area contributed by atoms with Crippen LogP contribution in [-0.2, 0) is 14.3 Å². The Kier molecular flexibility index (Phi) is 5.74. The number of nitrogens with one attached hydrogen (secondary N) is 1. The van der Waals surface area contributed by atoms with Crippen LogP contribution in [0.1, 0.15) is 33.1 Å². The van der Waals surface area contributed by atoms with Crippen molar-refractivity contribution in [2.75, 3.05) is 32.8 Å². The quantitative estimate of drug-likeness (QED) is 0.569. The molecule has 4 atom stereocenters. The van der Waals surface area contributed by atoms with Crippen molar-refractivity contribution in [2.24, 2.45) is 11.8 Å². The maximum Gasteiger partial charge on any atom is 0.315 e. The van der Waals surface area contributed by atoms with E-state index in [2.05, 4.69) is 19.9 Å². The number of hydrogen-bond acceptors (Lipinski definition) is 4. The van der Waals surface area contributed by atoms with Gasteiger partial charge < -0.3 is 19.5 Å². The summed E-state index contributed by atoms with van der Waals surface area (Å²) in [7, 11) is 0. The van der Waals surface area contributed by atoms with Crippen LogP contribution in [0.3, 0.4) is 0 Å². The van der Waals surface area contributed by atoms with Crippen molar-refractivity contribution in [1.29, 1.82) is 0 Å². The summed E-state index contributed by atoms with van der Waals surface area (Å²) in [6.07, 6.45) is 6.02. The van der Waals surface area contributed by atoms with E-state index in [9.17, 15) is 9.90 Å². The van der Waals surface area contributed by atoms with Crippen molar-refractivity contribution in [1.82, 2.24) is 0 Å². The zero-order chi connectivity index (χ0) is 17.1. The summed E-state index contributed by atoms with van der Waals surface area (Å²) < 4.78 is 11.1. The van der Waals surface area contributed by atoms with Crippen LogP contribution in [0.5, 0.6) is 0 Å². The Morgan fingerprint density at radius 3 is 2.75 bits per heavy atom. The van der Waals surface area contributed by atoms with Crippen molar-refractivity contribution in [3.8, 4) is 0 Å². The fourth-order valence-corrected chi connectivity index (χ4v) is 4.19. The number of rotatable bonds is 2. The Hall–Kier alpha value is -1.17. The van der Waals surface area contributed by atoms with Gasteiger partial charge in [0.25, 0.3) is 0 Å². The highest BCUT2D eigenvalue weighted by atomic mass is 16.6. The number of hydrogen-bond donors (Lipinski definition) is 2. The zero-order valence-electron chi connectivity index (χ0n) is 14.8. The van der Waals surface area contributed by atoms with E-state index in [0.29, 0.717) is 0 Å². The number of carbonyl (C=O) groups is 1. The summed E-state index contributed by atoms with van der Waals surface area (Å²) in [5, 5.41) is 10.8. The largest absolute Gasteiger partial charge is 0.461 e. The second-order valence-electron chi connectivity index (χ2n) is 7.52. The van der Waals surface area contributed by atoms with Gasteiger partial charge in [-0.3, -0.25) is 4.79 Å². The van der Waals surface area contributed by atoms with Crippen molar-refractivity contribution < 1.29 is 24.3 Å². The summed E-state index contributed by atoms with van der Waals surface area (Å²) in [5.74, 6) is -0.514.